The number of Topliss-reactive ketones (excluding diaryl/α,β-unsaturated/α-hetero) is 1. The summed E-state index contributed by atoms with van der Waals surface area (Å²) in [5, 5.41) is 0. The van der Waals surface area contributed by atoms with E-state index in [0.717, 1.165) is 6.42 Å². The van der Waals surface area contributed by atoms with Gasteiger partial charge in [-0.05, 0) is 31.1 Å². The van der Waals surface area contributed by atoms with Gasteiger partial charge in [0.05, 0.1) is 0 Å². The van der Waals surface area contributed by atoms with Crippen LogP contribution in [0.1, 0.15) is 41.0 Å². The van der Waals surface area contributed by atoms with Crippen LogP contribution < -0.4 is 0 Å². The quantitative estimate of drug-likeness (QED) is 0.546. The summed E-state index contributed by atoms with van der Waals surface area (Å²) in [4.78, 5) is 24.1. The second-order valence-corrected chi connectivity index (χ2v) is 7.51. The fraction of sp³-hybridized carbons (Fsp3) is 0.765. The minimum absolute atomic E-state index is 0.0638. The molecule has 0 amide bonds. The Morgan fingerprint density at radius 1 is 1.40 bits per heavy atom. The van der Waals surface area contributed by atoms with Crippen molar-refractivity contribution in [1.82, 2.24) is 0 Å². The first-order valence-electron chi connectivity index (χ1n) is 7.65. The fourth-order valence-corrected chi connectivity index (χ4v) is 5.26. The average molecular weight is 276 g/mol. The molecule has 4 bridgehead atoms. The van der Waals surface area contributed by atoms with E-state index < -0.39 is 0 Å². The summed E-state index contributed by atoms with van der Waals surface area (Å²) < 4.78 is 5.61. The Hall–Kier alpha value is -1.12. The molecule has 6 atom stereocenters. The van der Waals surface area contributed by atoms with Crippen LogP contribution in [-0.2, 0) is 14.3 Å². The van der Waals surface area contributed by atoms with Crippen LogP contribution in [0, 0.1) is 35.0 Å². The lowest BCUT2D eigenvalue weighted by atomic mass is 9.56. The van der Waals surface area contributed by atoms with Crippen LogP contribution in [0.4, 0.5) is 0 Å². The van der Waals surface area contributed by atoms with Gasteiger partial charge < -0.3 is 4.74 Å². The summed E-state index contributed by atoms with van der Waals surface area (Å²) in [5.41, 5.74) is 0.940. The molecule has 0 unspecified atom stereocenters. The number of hydrogen-bond acceptors (Lipinski definition) is 3. The molecule has 2 saturated carbocycles. The monoisotopic (exact) mass is 276 g/mol. The number of allylic oxidation sites excluding steroid dienone is 1. The Balaban J connectivity index is 2.07. The van der Waals surface area contributed by atoms with Gasteiger partial charge in [-0.3, -0.25) is 9.59 Å². The van der Waals surface area contributed by atoms with E-state index in [9.17, 15) is 9.59 Å². The summed E-state index contributed by atoms with van der Waals surface area (Å²) in [6, 6.07) is 0. The molecule has 0 saturated heterocycles. The van der Waals surface area contributed by atoms with E-state index in [-0.39, 0.29) is 29.3 Å². The smallest absolute Gasteiger partial charge is 0.302 e. The molecule has 0 heterocycles. The Bertz CT molecular complexity index is 502. The normalized spacial score (nSPS) is 45.0. The minimum atomic E-state index is -0.304. The molecule has 0 spiro atoms. The van der Waals surface area contributed by atoms with Gasteiger partial charge >= 0.3 is 5.97 Å². The van der Waals surface area contributed by atoms with Crippen LogP contribution in [0.15, 0.2) is 11.6 Å². The summed E-state index contributed by atoms with van der Waals surface area (Å²) in [7, 11) is 0. The zero-order valence-electron chi connectivity index (χ0n) is 13.0. The van der Waals surface area contributed by atoms with E-state index in [1.807, 2.05) is 0 Å². The van der Waals surface area contributed by atoms with Crippen molar-refractivity contribution in [2.24, 2.45) is 35.0 Å². The van der Waals surface area contributed by atoms with Crippen LogP contribution in [0.3, 0.4) is 0 Å². The minimum Gasteiger partial charge on any atom is -0.462 e. The van der Waals surface area contributed by atoms with Crippen LogP contribution in [0.25, 0.3) is 0 Å². The van der Waals surface area contributed by atoms with Gasteiger partial charge in [0, 0.05) is 24.2 Å². The number of esters is 1. The van der Waals surface area contributed by atoms with Gasteiger partial charge in [0.1, 0.15) is 11.9 Å². The van der Waals surface area contributed by atoms with Crippen molar-refractivity contribution in [3.05, 3.63) is 11.6 Å². The second kappa shape index (κ2) is 4.19. The average Bonchev–Trinajstić information content (AvgIpc) is 2.47. The van der Waals surface area contributed by atoms with Crippen molar-refractivity contribution in [2.75, 3.05) is 0 Å². The standard InChI is InChI=1S/C17H24O3/c1-8-6-11-13-9(2)7-12(20-10(3)18)14(8)15(13)17(4,5)16(11)19/h6,9,11-15H,7H2,1-5H3/t9-,11+,12+,13+,14+,15-/m0/s1. The van der Waals surface area contributed by atoms with E-state index in [1.54, 1.807) is 0 Å². The summed E-state index contributed by atoms with van der Waals surface area (Å²) in [6.45, 7) is 9.94. The van der Waals surface area contributed by atoms with Gasteiger partial charge in [-0.25, -0.2) is 0 Å². The number of hydrogen-bond donors (Lipinski definition) is 0. The molecule has 0 aromatic heterocycles. The largest absolute Gasteiger partial charge is 0.462 e. The second-order valence-electron chi connectivity index (χ2n) is 7.51. The van der Waals surface area contributed by atoms with E-state index in [4.69, 9.17) is 4.74 Å². The lowest BCUT2D eigenvalue weighted by Crippen LogP contribution is -2.49. The number of rotatable bonds is 1. The topological polar surface area (TPSA) is 43.4 Å². The van der Waals surface area contributed by atoms with Crippen molar-refractivity contribution in [3.63, 3.8) is 0 Å². The summed E-state index contributed by atoms with van der Waals surface area (Å²) in [6.07, 6.45) is 2.98. The third-order valence-corrected chi connectivity index (χ3v) is 5.93. The molecular weight excluding hydrogens is 252 g/mol. The number of carbonyl (C=O) groups is 2. The van der Waals surface area contributed by atoms with Crippen molar-refractivity contribution in [1.29, 1.82) is 0 Å². The molecule has 0 aromatic carbocycles. The van der Waals surface area contributed by atoms with Crippen molar-refractivity contribution in [2.45, 2.75) is 47.1 Å². The Kier molecular flexibility index (Phi) is 2.90. The molecule has 110 valence electrons. The fourth-order valence-electron chi connectivity index (χ4n) is 5.26. The van der Waals surface area contributed by atoms with Gasteiger partial charge in [-0.2, -0.15) is 0 Å². The highest BCUT2D eigenvalue weighted by molar-refractivity contribution is 5.92. The molecule has 20 heavy (non-hydrogen) atoms. The van der Waals surface area contributed by atoms with E-state index >= 15 is 0 Å². The molecule has 3 rings (SSSR count). The van der Waals surface area contributed by atoms with E-state index in [0.29, 0.717) is 23.5 Å². The van der Waals surface area contributed by atoms with Crippen molar-refractivity contribution < 1.29 is 14.3 Å². The van der Waals surface area contributed by atoms with Crippen molar-refractivity contribution >= 4 is 11.8 Å². The zero-order chi connectivity index (χ0) is 14.8. The highest BCUT2D eigenvalue weighted by Crippen LogP contribution is 2.62. The molecular formula is C17H24O3. The van der Waals surface area contributed by atoms with Gasteiger partial charge in [0.15, 0.2) is 0 Å². The van der Waals surface area contributed by atoms with Gasteiger partial charge in [-0.1, -0.05) is 32.4 Å². The molecule has 3 heteroatoms. The zero-order valence-corrected chi connectivity index (χ0v) is 13.0. The molecule has 2 fully saturated rings. The Morgan fingerprint density at radius 3 is 2.65 bits per heavy atom. The first-order valence-corrected chi connectivity index (χ1v) is 7.65. The molecule has 3 nitrogen and oxygen atoms in total. The predicted octanol–water partition coefficient (Wildman–Crippen LogP) is 2.99. The summed E-state index contributed by atoms with van der Waals surface area (Å²) in [5.74, 6) is 1.65. The lowest BCUT2D eigenvalue weighted by Gasteiger charge is -2.49. The van der Waals surface area contributed by atoms with E-state index in [2.05, 4.69) is 33.8 Å². The third kappa shape index (κ3) is 1.64. The van der Waals surface area contributed by atoms with Crippen LogP contribution in [0.2, 0.25) is 0 Å². The first-order chi connectivity index (χ1) is 9.25. The highest BCUT2D eigenvalue weighted by Gasteiger charge is 2.64. The van der Waals surface area contributed by atoms with Crippen LogP contribution in [0.5, 0.6) is 0 Å². The number of ketones is 1. The third-order valence-electron chi connectivity index (χ3n) is 5.93. The van der Waals surface area contributed by atoms with Crippen LogP contribution in [-0.4, -0.2) is 17.9 Å². The van der Waals surface area contributed by atoms with Gasteiger partial charge in [0.2, 0.25) is 0 Å². The lowest BCUT2D eigenvalue weighted by molar-refractivity contribution is -0.156. The summed E-state index contributed by atoms with van der Waals surface area (Å²) >= 11 is 0. The maximum absolute atomic E-state index is 12.7. The number of ether oxygens (including phenoxy) is 1. The van der Waals surface area contributed by atoms with Gasteiger partial charge in [0.25, 0.3) is 0 Å². The maximum Gasteiger partial charge on any atom is 0.302 e. The van der Waals surface area contributed by atoms with Gasteiger partial charge in [-0.15, -0.1) is 0 Å². The molecule has 0 aromatic rings. The molecule has 0 N–H and O–H groups in total. The van der Waals surface area contributed by atoms with Crippen LogP contribution >= 0.6 is 0 Å². The Labute approximate surface area is 120 Å². The molecule has 0 aliphatic heterocycles. The number of carbonyl (C=O) groups excluding carboxylic acids is 2. The molecule has 3 aliphatic carbocycles. The highest BCUT2D eigenvalue weighted by atomic mass is 16.5. The maximum atomic E-state index is 12.7. The van der Waals surface area contributed by atoms with Crippen molar-refractivity contribution in [3.8, 4) is 0 Å². The SMILES string of the molecule is CC(=O)O[C@@H]1C[C@H](C)[C@H]2[C@H]3[C@@H]1C(C)=C[C@H]2C(=O)C3(C)C. The first kappa shape index (κ1) is 13.8. The molecule has 0 radical (unpaired) electrons. The molecule has 3 aliphatic rings. The van der Waals surface area contributed by atoms with E-state index in [1.165, 1.54) is 12.5 Å². The Morgan fingerprint density at radius 2 is 2.05 bits per heavy atom. The predicted molar refractivity (Wildman–Crippen MR) is 75.8 cm³/mol.